The molecule has 0 amide bonds. The van der Waals surface area contributed by atoms with Crippen molar-refractivity contribution in [2.24, 2.45) is 5.73 Å². The van der Waals surface area contributed by atoms with E-state index in [9.17, 15) is 0 Å². The van der Waals surface area contributed by atoms with E-state index < -0.39 is 0 Å². The molecule has 1 aromatic heterocycles. The fourth-order valence-corrected chi connectivity index (χ4v) is 1.45. The van der Waals surface area contributed by atoms with Gasteiger partial charge in [-0.2, -0.15) is 5.10 Å². The zero-order valence-corrected chi connectivity index (χ0v) is 10.6. The maximum absolute atomic E-state index is 5.78. The van der Waals surface area contributed by atoms with E-state index in [2.05, 4.69) is 5.10 Å². The number of aromatic nitrogens is 2. The summed E-state index contributed by atoms with van der Waals surface area (Å²) >= 11 is 0. The number of hydrogen-bond donors (Lipinski definition) is 1. The zero-order valence-electron chi connectivity index (χ0n) is 9.80. The second-order valence-corrected chi connectivity index (χ2v) is 3.70. The first-order valence-corrected chi connectivity index (χ1v) is 5.15. The molecule has 0 aliphatic rings. The molecule has 1 aromatic carbocycles. The summed E-state index contributed by atoms with van der Waals surface area (Å²) in [6.07, 6.45) is 3.72. The van der Waals surface area contributed by atoms with Gasteiger partial charge in [0.1, 0.15) is 5.75 Å². The molecule has 0 aliphatic carbocycles. The molecule has 1 heterocycles. The first-order valence-electron chi connectivity index (χ1n) is 5.15. The summed E-state index contributed by atoms with van der Waals surface area (Å²) in [6, 6.07) is 7.73. The molecular formula is C12H15ClN3O-. The maximum Gasteiger partial charge on any atom is 0.119 e. The zero-order chi connectivity index (χ0) is 11.5. The van der Waals surface area contributed by atoms with Crippen LogP contribution in [0.4, 0.5) is 0 Å². The number of nitrogens with zero attached hydrogens (tertiary/aromatic N) is 2. The molecular weight excluding hydrogens is 238 g/mol. The summed E-state index contributed by atoms with van der Waals surface area (Å²) < 4.78 is 6.90. The van der Waals surface area contributed by atoms with Crippen LogP contribution in [0.1, 0.15) is 18.5 Å². The van der Waals surface area contributed by atoms with Gasteiger partial charge < -0.3 is 22.9 Å². The second-order valence-electron chi connectivity index (χ2n) is 3.70. The summed E-state index contributed by atoms with van der Waals surface area (Å²) in [5, 5.41) is 4.26. The lowest BCUT2D eigenvalue weighted by Crippen LogP contribution is -3.00. The van der Waals surface area contributed by atoms with Crippen LogP contribution in [0.2, 0.25) is 0 Å². The Labute approximate surface area is 107 Å². The second kappa shape index (κ2) is 5.70. The van der Waals surface area contributed by atoms with Crippen molar-refractivity contribution in [1.29, 1.82) is 0 Å². The van der Waals surface area contributed by atoms with Crippen LogP contribution in [0.3, 0.4) is 0 Å². The molecule has 0 bridgehead atoms. The molecule has 0 aliphatic heterocycles. The maximum atomic E-state index is 5.78. The van der Waals surface area contributed by atoms with Crippen molar-refractivity contribution in [3.05, 3.63) is 42.2 Å². The Morgan fingerprint density at radius 2 is 1.94 bits per heavy atom. The highest BCUT2D eigenvalue weighted by Gasteiger charge is 2.04. The number of halogens is 1. The first kappa shape index (κ1) is 13.5. The van der Waals surface area contributed by atoms with E-state index in [4.69, 9.17) is 10.5 Å². The van der Waals surface area contributed by atoms with E-state index in [0.29, 0.717) is 0 Å². The quantitative estimate of drug-likeness (QED) is 0.755. The first-order chi connectivity index (χ1) is 7.70. The standard InChI is InChI=1S/C12H15N3O.ClH/c1-9(13)10-7-14-15(8-10)11-3-5-12(16-2)6-4-11;/h3-9H,13H2,1-2H3;1H/p-1. The minimum absolute atomic E-state index is 0. The van der Waals surface area contributed by atoms with E-state index in [1.54, 1.807) is 18.0 Å². The average Bonchev–Trinajstić information content (AvgIpc) is 2.78. The summed E-state index contributed by atoms with van der Waals surface area (Å²) in [4.78, 5) is 0. The number of hydrogen-bond acceptors (Lipinski definition) is 3. The van der Waals surface area contributed by atoms with Gasteiger partial charge in [0.25, 0.3) is 0 Å². The van der Waals surface area contributed by atoms with Crippen LogP contribution >= 0.6 is 0 Å². The lowest BCUT2D eigenvalue weighted by Gasteiger charge is -2.03. The third-order valence-electron chi connectivity index (χ3n) is 2.47. The van der Waals surface area contributed by atoms with Gasteiger partial charge in [0.05, 0.1) is 19.0 Å². The molecule has 92 valence electrons. The van der Waals surface area contributed by atoms with Crippen LogP contribution in [-0.4, -0.2) is 16.9 Å². The Morgan fingerprint density at radius 3 is 2.41 bits per heavy atom. The molecule has 1 unspecified atom stereocenters. The highest BCUT2D eigenvalue weighted by atomic mass is 35.5. The molecule has 1 atom stereocenters. The molecule has 0 saturated heterocycles. The van der Waals surface area contributed by atoms with Gasteiger partial charge in [-0.15, -0.1) is 0 Å². The predicted octanol–water partition coefficient (Wildman–Crippen LogP) is -1.10. The van der Waals surface area contributed by atoms with E-state index in [1.165, 1.54) is 0 Å². The van der Waals surface area contributed by atoms with Gasteiger partial charge in [-0.05, 0) is 31.2 Å². The topological polar surface area (TPSA) is 53.1 Å². The van der Waals surface area contributed by atoms with Gasteiger partial charge in [0.2, 0.25) is 0 Å². The van der Waals surface area contributed by atoms with Crippen LogP contribution in [0, 0.1) is 0 Å². The van der Waals surface area contributed by atoms with Crippen LogP contribution in [-0.2, 0) is 0 Å². The smallest absolute Gasteiger partial charge is 0.119 e. The average molecular weight is 253 g/mol. The lowest BCUT2D eigenvalue weighted by molar-refractivity contribution is -0.00000383. The number of ether oxygens (including phenoxy) is 1. The van der Waals surface area contributed by atoms with Gasteiger partial charge in [0.15, 0.2) is 0 Å². The van der Waals surface area contributed by atoms with Crippen molar-refractivity contribution < 1.29 is 17.1 Å². The Balaban J connectivity index is 0.00000144. The fourth-order valence-electron chi connectivity index (χ4n) is 1.45. The summed E-state index contributed by atoms with van der Waals surface area (Å²) in [5.41, 5.74) is 7.79. The Kier molecular flexibility index (Phi) is 4.54. The van der Waals surface area contributed by atoms with Crippen LogP contribution in [0.25, 0.3) is 5.69 Å². The minimum Gasteiger partial charge on any atom is -1.00 e. The van der Waals surface area contributed by atoms with Gasteiger partial charge in [-0.1, -0.05) is 0 Å². The van der Waals surface area contributed by atoms with Crippen molar-refractivity contribution in [3.8, 4) is 11.4 Å². The molecule has 0 radical (unpaired) electrons. The van der Waals surface area contributed by atoms with Crippen molar-refractivity contribution in [2.75, 3.05) is 7.11 Å². The van der Waals surface area contributed by atoms with Gasteiger partial charge in [-0.3, -0.25) is 0 Å². The molecule has 2 N–H and O–H groups in total. The molecule has 4 nitrogen and oxygen atoms in total. The lowest BCUT2D eigenvalue weighted by atomic mass is 10.2. The third-order valence-corrected chi connectivity index (χ3v) is 2.47. The van der Waals surface area contributed by atoms with Gasteiger partial charge in [-0.25, -0.2) is 4.68 Å². The van der Waals surface area contributed by atoms with E-state index in [1.807, 2.05) is 37.4 Å². The van der Waals surface area contributed by atoms with Gasteiger partial charge >= 0.3 is 0 Å². The largest absolute Gasteiger partial charge is 1.00 e. The summed E-state index contributed by atoms with van der Waals surface area (Å²) in [6.45, 7) is 1.94. The van der Waals surface area contributed by atoms with Crippen molar-refractivity contribution in [1.82, 2.24) is 9.78 Å². The normalized spacial score (nSPS) is 11.7. The Hall–Kier alpha value is -1.52. The Bertz CT molecular complexity index is 465. The van der Waals surface area contributed by atoms with E-state index in [0.717, 1.165) is 17.0 Å². The van der Waals surface area contributed by atoms with Crippen LogP contribution in [0.15, 0.2) is 36.7 Å². The predicted molar refractivity (Wildman–Crippen MR) is 62.7 cm³/mol. The van der Waals surface area contributed by atoms with Crippen molar-refractivity contribution >= 4 is 0 Å². The molecule has 5 heteroatoms. The number of rotatable bonds is 3. The minimum atomic E-state index is 0. The Morgan fingerprint density at radius 1 is 1.29 bits per heavy atom. The molecule has 2 aromatic rings. The van der Waals surface area contributed by atoms with Crippen molar-refractivity contribution in [2.45, 2.75) is 13.0 Å². The highest BCUT2D eigenvalue weighted by molar-refractivity contribution is 5.37. The monoisotopic (exact) mass is 252 g/mol. The highest BCUT2D eigenvalue weighted by Crippen LogP contribution is 2.16. The third kappa shape index (κ3) is 2.99. The van der Waals surface area contributed by atoms with Gasteiger partial charge in [0, 0.05) is 17.8 Å². The van der Waals surface area contributed by atoms with E-state index >= 15 is 0 Å². The van der Waals surface area contributed by atoms with Crippen LogP contribution in [0.5, 0.6) is 5.75 Å². The summed E-state index contributed by atoms with van der Waals surface area (Å²) in [7, 11) is 1.65. The van der Waals surface area contributed by atoms with E-state index in [-0.39, 0.29) is 18.4 Å². The number of nitrogens with two attached hydrogens (primary N) is 1. The molecule has 0 spiro atoms. The van der Waals surface area contributed by atoms with Crippen LogP contribution < -0.4 is 22.9 Å². The molecule has 2 rings (SSSR count). The molecule has 0 saturated carbocycles. The number of methoxy groups -OCH3 is 1. The molecule has 17 heavy (non-hydrogen) atoms. The summed E-state index contributed by atoms with van der Waals surface area (Å²) in [5.74, 6) is 0.836. The SMILES string of the molecule is COc1ccc(-n2cc(C(C)N)cn2)cc1.[Cl-]. The molecule has 0 fully saturated rings. The fraction of sp³-hybridized carbons (Fsp3) is 0.250. The number of benzene rings is 1. The van der Waals surface area contributed by atoms with Crippen molar-refractivity contribution in [3.63, 3.8) is 0 Å².